The van der Waals surface area contributed by atoms with Crippen LogP contribution in [0.25, 0.3) is 11.3 Å². The van der Waals surface area contributed by atoms with Gasteiger partial charge >= 0.3 is 0 Å². The van der Waals surface area contributed by atoms with E-state index in [2.05, 4.69) is 4.72 Å². The van der Waals surface area contributed by atoms with Crippen LogP contribution in [0.5, 0.6) is 11.5 Å². The lowest BCUT2D eigenvalue weighted by molar-refractivity contribution is -0.120. The van der Waals surface area contributed by atoms with Crippen molar-refractivity contribution >= 4 is 15.8 Å². The quantitative estimate of drug-likeness (QED) is 0.351. The van der Waals surface area contributed by atoms with Gasteiger partial charge in [-0.3, -0.25) is 9.78 Å². The van der Waals surface area contributed by atoms with E-state index in [0.29, 0.717) is 28.6 Å². The Balaban J connectivity index is 1.16. The van der Waals surface area contributed by atoms with Gasteiger partial charge in [-0.15, -0.1) is 0 Å². The number of fused-ring (bicyclic) bond motifs is 1. The number of nitrogens with one attached hydrogen (secondary N) is 1. The standard InChI is InChI=1S/C28H24N2O6S/c31-27(28(12-13-28)20-8-11-25-26(15-20)36-18-35-25)16-21-3-1-5-24(30-21)19-6-9-23(10-7-19)37(32,33)29-17-22-4-2-14-34-22/h1-11,14-15,29H,12-13,16-18H2. The first-order valence-electron chi connectivity index (χ1n) is 11.9. The smallest absolute Gasteiger partial charge is 0.240 e. The van der Waals surface area contributed by atoms with Crippen molar-refractivity contribution in [3.05, 3.63) is 96.1 Å². The van der Waals surface area contributed by atoms with Gasteiger partial charge in [0.25, 0.3) is 0 Å². The van der Waals surface area contributed by atoms with Crippen LogP contribution in [0, 0.1) is 0 Å². The first kappa shape index (κ1) is 23.4. The molecule has 0 radical (unpaired) electrons. The Bertz CT molecular complexity index is 1560. The van der Waals surface area contributed by atoms with E-state index >= 15 is 0 Å². The van der Waals surface area contributed by atoms with Gasteiger partial charge in [-0.2, -0.15) is 0 Å². The van der Waals surface area contributed by atoms with Crippen molar-refractivity contribution in [1.29, 1.82) is 0 Å². The van der Waals surface area contributed by atoms with E-state index in [1.807, 2.05) is 36.4 Å². The van der Waals surface area contributed by atoms with Crippen LogP contribution < -0.4 is 14.2 Å². The van der Waals surface area contributed by atoms with Crippen molar-refractivity contribution in [2.24, 2.45) is 0 Å². The number of Topliss-reactive ketones (excluding diaryl/α,β-unsaturated/α-hetero) is 1. The molecule has 188 valence electrons. The number of benzene rings is 2. The molecule has 9 heteroatoms. The summed E-state index contributed by atoms with van der Waals surface area (Å²) in [7, 11) is -3.69. The largest absolute Gasteiger partial charge is 0.468 e. The van der Waals surface area contributed by atoms with Gasteiger partial charge < -0.3 is 13.9 Å². The molecule has 1 saturated carbocycles. The highest BCUT2D eigenvalue weighted by Gasteiger charge is 2.51. The van der Waals surface area contributed by atoms with Crippen LogP contribution in [0.2, 0.25) is 0 Å². The molecule has 6 rings (SSSR count). The number of ether oxygens (including phenoxy) is 2. The van der Waals surface area contributed by atoms with Crippen molar-refractivity contribution in [3.8, 4) is 22.8 Å². The molecule has 1 N–H and O–H groups in total. The Morgan fingerprint density at radius 2 is 1.76 bits per heavy atom. The number of nitrogens with zero attached hydrogens (tertiary/aromatic N) is 1. The second-order valence-electron chi connectivity index (χ2n) is 9.19. The highest BCUT2D eigenvalue weighted by Crippen LogP contribution is 2.51. The summed E-state index contributed by atoms with van der Waals surface area (Å²) in [6.07, 6.45) is 3.31. The van der Waals surface area contributed by atoms with Gasteiger partial charge in [0.05, 0.1) is 28.8 Å². The maximum atomic E-state index is 13.4. The predicted octanol–water partition coefficient (Wildman–Crippen LogP) is 4.39. The number of ketones is 1. The summed E-state index contributed by atoms with van der Waals surface area (Å²) in [5.41, 5.74) is 2.56. The number of rotatable bonds is 9. The third-order valence-corrected chi connectivity index (χ3v) is 8.25. The van der Waals surface area contributed by atoms with E-state index in [1.165, 1.54) is 18.4 Å². The van der Waals surface area contributed by atoms with Gasteiger partial charge in [0.1, 0.15) is 11.5 Å². The molecule has 0 atom stereocenters. The molecule has 0 bridgehead atoms. The summed E-state index contributed by atoms with van der Waals surface area (Å²) in [6, 6.07) is 21.2. The van der Waals surface area contributed by atoms with E-state index in [-0.39, 0.29) is 30.4 Å². The molecule has 2 aromatic carbocycles. The Morgan fingerprint density at radius 1 is 0.946 bits per heavy atom. The van der Waals surface area contributed by atoms with E-state index in [1.54, 1.807) is 24.3 Å². The maximum Gasteiger partial charge on any atom is 0.240 e. The number of sulfonamides is 1. The van der Waals surface area contributed by atoms with Crippen LogP contribution in [0.1, 0.15) is 29.9 Å². The average Bonchev–Trinajstić information content (AvgIpc) is 3.31. The zero-order valence-electron chi connectivity index (χ0n) is 19.8. The lowest BCUT2D eigenvalue weighted by Crippen LogP contribution is -2.23. The molecule has 2 aliphatic rings. The Morgan fingerprint density at radius 3 is 2.51 bits per heavy atom. The number of carbonyl (C=O) groups is 1. The fourth-order valence-electron chi connectivity index (χ4n) is 4.59. The molecule has 8 nitrogen and oxygen atoms in total. The predicted molar refractivity (Wildman–Crippen MR) is 135 cm³/mol. The molecule has 37 heavy (non-hydrogen) atoms. The van der Waals surface area contributed by atoms with Crippen LogP contribution in [-0.4, -0.2) is 26.0 Å². The fourth-order valence-corrected chi connectivity index (χ4v) is 5.58. The summed E-state index contributed by atoms with van der Waals surface area (Å²) in [6.45, 7) is 0.271. The van der Waals surface area contributed by atoms with Crippen molar-refractivity contribution in [2.45, 2.75) is 36.1 Å². The molecule has 0 unspecified atom stereocenters. The minimum absolute atomic E-state index is 0.0719. The maximum absolute atomic E-state index is 13.4. The number of hydrogen-bond acceptors (Lipinski definition) is 7. The lowest BCUT2D eigenvalue weighted by Gasteiger charge is -2.15. The van der Waals surface area contributed by atoms with E-state index in [4.69, 9.17) is 18.9 Å². The number of aromatic nitrogens is 1. The Hall–Kier alpha value is -3.95. The normalized spacial score (nSPS) is 15.5. The van der Waals surface area contributed by atoms with Crippen molar-refractivity contribution in [1.82, 2.24) is 9.71 Å². The first-order valence-corrected chi connectivity index (χ1v) is 13.4. The molecule has 2 aromatic heterocycles. The molecule has 0 spiro atoms. The van der Waals surface area contributed by atoms with Crippen LogP contribution >= 0.6 is 0 Å². The van der Waals surface area contributed by atoms with Crippen molar-refractivity contribution in [3.63, 3.8) is 0 Å². The highest BCUT2D eigenvalue weighted by atomic mass is 32.2. The third-order valence-electron chi connectivity index (χ3n) is 6.83. The summed E-state index contributed by atoms with van der Waals surface area (Å²) >= 11 is 0. The number of pyridine rings is 1. The molecule has 0 amide bonds. The van der Waals surface area contributed by atoms with Crippen LogP contribution in [-0.2, 0) is 33.2 Å². The van der Waals surface area contributed by atoms with Gasteiger partial charge in [0, 0.05) is 17.7 Å². The molecule has 1 fully saturated rings. The van der Waals surface area contributed by atoms with Gasteiger partial charge in [-0.05, 0) is 66.9 Å². The van der Waals surface area contributed by atoms with Crippen LogP contribution in [0.3, 0.4) is 0 Å². The van der Waals surface area contributed by atoms with Crippen molar-refractivity contribution < 1.29 is 27.1 Å². The lowest BCUT2D eigenvalue weighted by atomic mass is 9.88. The molecule has 4 aromatic rings. The van der Waals surface area contributed by atoms with E-state index < -0.39 is 15.4 Å². The zero-order valence-corrected chi connectivity index (χ0v) is 20.7. The van der Waals surface area contributed by atoms with Crippen LogP contribution in [0.4, 0.5) is 0 Å². The second-order valence-corrected chi connectivity index (χ2v) is 11.0. The second kappa shape index (κ2) is 9.17. The van der Waals surface area contributed by atoms with Gasteiger partial charge in [-0.1, -0.05) is 24.3 Å². The highest BCUT2D eigenvalue weighted by molar-refractivity contribution is 7.89. The molecule has 3 heterocycles. The monoisotopic (exact) mass is 516 g/mol. The summed E-state index contributed by atoms with van der Waals surface area (Å²) in [5, 5.41) is 0. The molecule has 0 saturated heterocycles. The molecule has 1 aliphatic carbocycles. The SMILES string of the molecule is O=C(Cc1cccc(-c2ccc(S(=O)(=O)NCc3ccco3)cc2)n1)C1(c2ccc3c(c2)OCO3)CC1. The minimum Gasteiger partial charge on any atom is -0.468 e. The number of furan rings is 1. The van der Waals surface area contributed by atoms with Crippen molar-refractivity contribution in [2.75, 3.05) is 6.79 Å². The zero-order chi connectivity index (χ0) is 25.5. The Labute approximate surface area is 214 Å². The van der Waals surface area contributed by atoms with Crippen LogP contribution in [0.15, 0.2) is 88.4 Å². The Kier molecular flexibility index (Phi) is 5.81. The molecule has 1 aliphatic heterocycles. The van der Waals surface area contributed by atoms with E-state index in [9.17, 15) is 13.2 Å². The van der Waals surface area contributed by atoms with Gasteiger partial charge in [0.2, 0.25) is 16.8 Å². The first-order chi connectivity index (χ1) is 17.9. The topological polar surface area (TPSA) is 108 Å². The van der Waals surface area contributed by atoms with E-state index in [0.717, 1.165) is 24.0 Å². The van der Waals surface area contributed by atoms with Gasteiger partial charge in [-0.25, -0.2) is 13.1 Å². The number of hydrogen-bond donors (Lipinski definition) is 1. The molecular weight excluding hydrogens is 492 g/mol. The molecular formula is C28H24N2O6S. The fraction of sp³-hybridized carbons (Fsp3) is 0.214. The summed E-state index contributed by atoms with van der Waals surface area (Å²) < 4.78 is 43.8. The summed E-state index contributed by atoms with van der Waals surface area (Å²) in [4.78, 5) is 18.2. The summed E-state index contributed by atoms with van der Waals surface area (Å²) in [5.74, 6) is 2.04. The minimum atomic E-state index is -3.69. The number of carbonyl (C=O) groups excluding carboxylic acids is 1. The average molecular weight is 517 g/mol. The van der Waals surface area contributed by atoms with Gasteiger partial charge in [0.15, 0.2) is 11.5 Å². The third kappa shape index (κ3) is 4.63.